The SMILES string of the molecule is CC(C)c1[c]c(C(C)C)c(C(=O)Cc2c(C(C)C)cc(C(C)C)cc2C(C)C)c(C(C)C)c1. The van der Waals surface area contributed by atoms with Gasteiger partial charge in [-0.05, 0) is 80.5 Å². The monoisotopic (exact) mass is 447 g/mol. The molecule has 0 fully saturated rings. The van der Waals surface area contributed by atoms with Crippen LogP contribution in [0.5, 0.6) is 0 Å². The number of hydrogen-bond acceptors (Lipinski definition) is 1. The topological polar surface area (TPSA) is 17.1 Å². The van der Waals surface area contributed by atoms with E-state index in [9.17, 15) is 4.79 Å². The minimum atomic E-state index is 0.245. The molecule has 33 heavy (non-hydrogen) atoms. The van der Waals surface area contributed by atoms with Gasteiger partial charge in [-0.15, -0.1) is 0 Å². The van der Waals surface area contributed by atoms with Crippen LogP contribution in [0.3, 0.4) is 0 Å². The van der Waals surface area contributed by atoms with Crippen molar-refractivity contribution in [1.82, 2.24) is 0 Å². The maximum Gasteiger partial charge on any atom is 0.167 e. The Morgan fingerprint density at radius 1 is 0.636 bits per heavy atom. The third kappa shape index (κ3) is 6.17. The molecule has 0 aliphatic rings. The zero-order valence-corrected chi connectivity index (χ0v) is 23.3. The summed E-state index contributed by atoms with van der Waals surface area (Å²) in [6.07, 6.45) is 0.466. The second-order valence-corrected chi connectivity index (χ2v) is 11.7. The summed E-state index contributed by atoms with van der Waals surface area (Å²) in [5.74, 6) is 2.44. The molecule has 1 radical (unpaired) electrons. The summed E-state index contributed by atoms with van der Waals surface area (Å²) in [4.78, 5) is 14.1. The zero-order chi connectivity index (χ0) is 25.2. The molecule has 0 bridgehead atoms. The average molecular weight is 448 g/mol. The van der Waals surface area contributed by atoms with Crippen LogP contribution in [0.1, 0.15) is 168 Å². The summed E-state index contributed by atoms with van der Waals surface area (Å²) in [5, 5.41) is 0. The first-order valence-corrected chi connectivity index (χ1v) is 13.1. The van der Waals surface area contributed by atoms with Crippen LogP contribution in [0, 0.1) is 6.07 Å². The summed E-state index contributed by atoms with van der Waals surface area (Å²) < 4.78 is 0. The molecule has 2 aromatic carbocycles. The molecule has 0 N–H and O–H groups in total. The van der Waals surface area contributed by atoms with E-state index in [-0.39, 0.29) is 11.7 Å². The highest BCUT2D eigenvalue weighted by molar-refractivity contribution is 6.01. The van der Waals surface area contributed by atoms with Gasteiger partial charge >= 0.3 is 0 Å². The Kier molecular flexibility index (Phi) is 9.14. The molecule has 181 valence electrons. The summed E-state index contributed by atoms with van der Waals surface area (Å²) in [5.41, 5.74) is 9.68. The average Bonchev–Trinajstić information content (AvgIpc) is 2.71. The van der Waals surface area contributed by atoms with Crippen molar-refractivity contribution >= 4 is 5.78 Å². The molecule has 0 saturated carbocycles. The number of carbonyl (C=O) groups excluding carboxylic acids is 1. The first-order valence-electron chi connectivity index (χ1n) is 13.1. The first-order chi connectivity index (χ1) is 15.3. The molecular formula is C32H47O. The van der Waals surface area contributed by atoms with Gasteiger partial charge in [0.05, 0.1) is 0 Å². The Labute approximate surface area is 204 Å². The predicted molar refractivity (Wildman–Crippen MR) is 144 cm³/mol. The van der Waals surface area contributed by atoms with Crippen LogP contribution in [0.2, 0.25) is 0 Å². The molecule has 0 aliphatic heterocycles. The Bertz CT molecular complexity index is 912. The van der Waals surface area contributed by atoms with Crippen molar-refractivity contribution in [1.29, 1.82) is 0 Å². The molecule has 2 rings (SSSR count). The lowest BCUT2D eigenvalue weighted by Crippen LogP contribution is -2.17. The number of carbonyl (C=O) groups is 1. The minimum Gasteiger partial charge on any atom is -0.294 e. The summed E-state index contributed by atoms with van der Waals surface area (Å²) >= 11 is 0. The maximum atomic E-state index is 14.1. The predicted octanol–water partition coefficient (Wildman–Crippen LogP) is 9.65. The van der Waals surface area contributed by atoms with E-state index in [1.54, 1.807) is 0 Å². The van der Waals surface area contributed by atoms with Gasteiger partial charge in [0.15, 0.2) is 5.78 Å². The smallest absolute Gasteiger partial charge is 0.167 e. The fourth-order valence-electron chi connectivity index (χ4n) is 4.72. The van der Waals surface area contributed by atoms with E-state index in [1.807, 2.05) is 0 Å². The second-order valence-electron chi connectivity index (χ2n) is 11.7. The fraction of sp³-hybridized carbons (Fsp3) is 0.594. The Balaban J connectivity index is 2.74. The van der Waals surface area contributed by atoms with E-state index in [4.69, 9.17) is 0 Å². The number of Topliss-reactive ketones (excluding diaryl/α,β-unsaturated/α-hetero) is 1. The van der Waals surface area contributed by atoms with Crippen LogP contribution in [-0.2, 0) is 6.42 Å². The largest absolute Gasteiger partial charge is 0.294 e. The van der Waals surface area contributed by atoms with E-state index >= 15 is 0 Å². The van der Waals surface area contributed by atoms with E-state index in [0.29, 0.717) is 36.0 Å². The van der Waals surface area contributed by atoms with Gasteiger partial charge in [0.25, 0.3) is 0 Å². The molecule has 1 heteroatoms. The summed E-state index contributed by atoms with van der Waals surface area (Å²) in [6, 6.07) is 10.6. The van der Waals surface area contributed by atoms with Gasteiger partial charge in [-0.25, -0.2) is 0 Å². The van der Waals surface area contributed by atoms with E-state index in [0.717, 1.165) is 11.1 Å². The van der Waals surface area contributed by atoms with Gasteiger partial charge in [-0.2, -0.15) is 0 Å². The third-order valence-corrected chi connectivity index (χ3v) is 6.84. The zero-order valence-electron chi connectivity index (χ0n) is 23.3. The maximum absolute atomic E-state index is 14.1. The van der Waals surface area contributed by atoms with Crippen LogP contribution in [-0.4, -0.2) is 5.78 Å². The lowest BCUT2D eigenvalue weighted by molar-refractivity contribution is 0.0989. The summed E-state index contributed by atoms with van der Waals surface area (Å²) in [7, 11) is 0. The molecule has 0 atom stereocenters. The minimum absolute atomic E-state index is 0.245. The molecular weight excluding hydrogens is 400 g/mol. The van der Waals surface area contributed by atoms with Gasteiger partial charge in [0.2, 0.25) is 0 Å². The van der Waals surface area contributed by atoms with Crippen molar-refractivity contribution in [3.63, 3.8) is 0 Å². The fourth-order valence-corrected chi connectivity index (χ4v) is 4.72. The van der Waals surface area contributed by atoms with Crippen LogP contribution < -0.4 is 0 Å². The first kappa shape index (κ1) is 27.4. The van der Waals surface area contributed by atoms with E-state index in [1.165, 1.54) is 33.4 Å². The van der Waals surface area contributed by atoms with Gasteiger partial charge in [0, 0.05) is 12.0 Å². The van der Waals surface area contributed by atoms with Crippen molar-refractivity contribution in [2.24, 2.45) is 0 Å². The van der Waals surface area contributed by atoms with Gasteiger partial charge in [-0.3, -0.25) is 4.79 Å². The number of ketones is 1. The molecule has 1 nitrogen and oxygen atoms in total. The number of rotatable bonds is 9. The number of benzene rings is 2. The highest BCUT2D eigenvalue weighted by Gasteiger charge is 2.25. The molecule has 0 amide bonds. The Hall–Kier alpha value is -1.89. The normalized spacial score (nSPS) is 12.3. The molecule has 0 saturated heterocycles. The van der Waals surface area contributed by atoms with Crippen molar-refractivity contribution < 1.29 is 4.79 Å². The van der Waals surface area contributed by atoms with Crippen LogP contribution in [0.4, 0.5) is 0 Å². The Morgan fingerprint density at radius 3 is 1.48 bits per heavy atom. The van der Waals surface area contributed by atoms with E-state index < -0.39 is 0 Å². The van der Waals surface area contributed by atoms with Crippen molar-refractivity contribution in [2.45, 2.75) is 125 Å². The number of hydrogen-bond donors (Lipinski definition) is 0. The standard InChI is InChI=1S/C32H47O/c1-18(2)24-13-26(20(5)6)30(27(14-24)21(7)8)17-31(33)32-28(22(9)10)15-25(19(3)4)16-29(32)23(11)12/h13-15,18-23H,17H2,1-12H3. The summed E-state index contributed by atoms with van der Waals surface area (Å²) in [6.45, 7) is 26.7. The van der Waals surface area contributed by atoms with Crippen LogP contribution in [0.15, 0.2) is 18.2 Å². The molecule has 0 aliphatic carbocycles. The van der Waals surface area contributed by atoms with Crippen molar-refractivity contribution in [2.75, 3.05) is 0 Å². The highest BCUT2D eigenvalue weighted by atomic mass is 16.1. The molecule has 0 unspecified atom stereocenters. The molecule has 0 aromatic heterocycles. The third-order valence-electron chi connectivity index (χ3n) is 6.84. The lowest BCUT2D eigenvalue weighted by atomic mass is 9.79. The molecule has 0 heterocycles. The highest BCUT2D eigenvalue weighted by Crippen LogP contribution is 2.36. The van der Waals surface area contributed by atoms with Gasteiger partial charge < -0.3 is 0 Å². The van der Waals surface area contributed by atoms with Crippen LogP contribution >= 0.6 is 0 Å². The van der Waals surface area contributed by atoms with E-state index in [2.05, 4.69) is 107 Å². The van der Waals surface area contributed by atoms with Crippen molar-refractivity contribution in [3.8, 4) is 0 Å². The second kappa shape index (κ2) is 11.0. The quantitative estimate of drug-likeness (QED) is 0.350. The Morgan fingerprint density at radius 2 is 1.12 bits per heavy atom. The van der Waals surface area contributed by atoms with Crippen molar-refractivity contribution in [3.05, 3.63) is 68.8 Å². The molecule has 0 spiro atoms. The van der Waals surface area contributed by atoms with Gasteiger partial charge in [-0.1, -0.05) is 101 Å². The molecule has 2 aromatic rings. The van der Waals surface area contributed by atoms with Crippen LogP contribution in [0.25, 0.3) is 0 Å². The lowest BCUT2D eigenvalue weighted by Gasteiger charge is -2.25. The van der Waals surface area contributed by atoms with Gasteiger partial charge in [0.1, 0.15) is 0 Å².